The second-order valence-corrected chi connectivity index (χ2v) is 5.37. The van der Waals surface area contributed by atoms with E-state index >= 15 is 0 Å². The van der Waals surface area contributed by atoms with Crippen LogP contribution in [0.25, 0.3) is 0 Å². The molecular formula is C14H25N3O3. The monoisotopic (exact) mass is 283 g/mol. The zero-order valence-corrected chi connectivity index (χ0v) is 12.3. The molecule has 0 aromatic rings. The first-order valence-corrected chi connectivity index (χ1v) is 7.58. The van der Waals surface area contributed by atoms with Gasteiger partial charge in [0.1, 0.15) is 0 Å². The van der Waals surface area contributed by atoms with E-state index < -0.39 is 0 Å². The molecule has 2 aliphatic rings. The van der Waals surface area contributed by atoms with Gasteiger partial charge in [0.2, 0.25) is 11.8 Å². The highest BCUT2D eigenvalue weighted by molar-refractivity contribution is 5.78. The number of hydrogen-bond acceptors (Lipinski definition) is 4. The molecule has 0 spiro atoms. The summed E-state index contributed by atoms with van der Waals surface area (Å²) in [5.41, 5.74) is 0. The van der Waals surface area contributed by atoms with E-state index in [-0.39, 0.29) is 17.9 Å². The Hall–Kier alpha value is -1.14. The normalized spacial score (nSPS) is 24.4. The van der Waals surface area contributed by atoms with Crippen molar-refractivity contribution in [1.82, 2.24) is 15.1 Å². The van der Waals surface area contributed by atoms with Crippen LogP contribution in [0.5, 0.6) is 0 Å². The summed E-state index contributed by atoms with van der Waals surface area (Å²) in [5.74, 6) is 0.323. The van der Waals surface area contributed by atoms with Gasteiger partial charge in [-0.05, 0) is 6.42 Å². The van der Waals surface area contributed by atoms with Crippen molar-refractivity contribution in [2.45, 2.75) is 32.3 Å². The maximum Gasteiger partial charge on any atom is 0.225 e. The van der Waals surface area contributed by atoms with E-state index in [1.807, 2.05) is 16.7 Å². The molecule has 6 heteroatoms. The molecule has 2 saturated heterocycles. The van der Waals surface area contributed by atoms with E-state index in [1.165, 1.54) is 0 Å². The number of rotatable bonds is 3. The minimum atomic E-state index is -0.00659. The SMILES string of the molecule is CCC(=O)N1CCCN(C(=O)CC2CNCCO2)CC1. The third kappa shape index (κ3) is 4.18. The Morgan fingerprint density at radius 3 is 2.45 bits per heavy atom. The van der Waals surface area contributed by atoms with Gasteiger partial charge in [-0.2, -0.15) is 0 Å². The molecule has 0 aliphatic carbocycles. The lowest BCUT2D eigenvalue weighted by Gasteiger charge is -2.27. The fourth-order valence-corrected chi connectivity index (χ4v) is 2.71. The first-order chi connectivity index (χ1) is 9.70. The molecule has 0 saturated carbocycles. The first kappa shape index (κ1) is 15.3. The number of ether oxygens (including phenoxy) is 1. The van der Waals surface area contributed by atoms with E-state index in [0.29, 0.717) is 32.5 Å². The maximum absolute atomic E-state index is 12.3. The standard InChI is InChI=1S/C14H25N3O3/c1-2-13(18)16-5-3-6-17(8-7-16)14(19)10-12-11-15-4-9-20-12/h12,15H,2-11H2,1H3. The van der Waals surface area contributed by atoms with Crippen LogP contribution in [-0.2, 0) is 14.3 Å². The molecule has 2 rings (SSSR count). The van der Waals surface area contributed by atoms with Gasteiger partial charge in [0.05, 0.1) is 19.1 Å². The van der Waals surface area contributed by atoms with Crippen molar-refractivity contribution in [3.8, 4) is 0 Å². The smallest absolute Gasteiger partial charge is 0.225 e. The summed E-state index contributed by atoms with van der Waals surface area (Å²) in [6.45, 7) is 6.97. The lowest BCUT2D eigenvalue weighted by atomic mass is 10.2. The molecule has 2 fully saturated rings. The van der Waals surface area contributed by atoms with E-state index in [1.54, 1.807) is 0 Å². The molecule has 0 aromatic heterocycles. The Balaban J connectivity index is 1.80. The highest BCUT2D eigenvalue weighted by atomic mass is 16.5. The van der Waals surface area contributed by atoms with Crippen LogP contribution in [0.1, 0.15) is 26.2 Å². The first-order valence-electron chi connectivity index (χ1n) is 7.58. The number of morpholine rings is 1. The van der Waals surface area contributed by atoms with Gasteiger partial charge >= 0.3 is 0 Å². The molecule has 6 nitrogen and oxygen atoms in total. The molecule has 2 amide bonds. The summed E-state index contributed by atoms with van der Waals surface area (Å²) in [4.78, 5) is 27.7. The largest absolute Gasteiger partial charge is 0.375 e. The highest BCUT2D eigenvalue weighted by Gasteiger charge is 2.24. The summed E-state index contributed by atoms with van der Waals surface area (Å²) in [5, 5.41) is 3.24. The maximum atomic E-state index is 12.3. The summed E-state index contributed by atoms with van der Waals surface area (Å²) in [6.07, 6.45) is 1.83. The number of hydrogen-bond donors (Lipinski definition) is 1. The van der Waals surface area contributed by atoms with Gasteiger partial charge in [-0.1, -0.05) is 6.92 Å². The summed E-state index contributed by atoms with van der Waals surface area (Å²) in [7, 11) is 0. The van der Waals surface area contributed by atoms with Crippen LogP contribution >= 0.6 is 0 Å². The number of nitrogens with one attached hydrogen (secondary N) is 1. The molecule has 0 radical (unpaired) electrons. The van der Waals surface area contributed by atoms with E-state index in [2.05, 4.69) is 5.32 Å². The zero-order chi connectivity index (χ0) is 14.4. The average molecular weight is 283 g/mol. The minimum absolute atomic E-state index is 0.00659. The molecule has 1 unspecified atom stereocenters. The molecule has 0 bridgehead atoms. The van der Waals surface area contributed by atoms with Gasteiger partial charge in [0.25, 0.3) is 0 Å². The third-order valence-electron chi connectivity index (χ3n) is 3.91. The number of amides is 2. The van der Waals surface area contributed by atoms with E-state index in [4.69, 9.17) is 4.74 Å². The average Bonchev–Trinajstić information content (AvgIpc) is 2.73. The molecule has 1 N–H and O–H groups in total. The van der Waals surface area contributed by atoms with Gasteiger partial charge in [-0.25, -0.2) is 0 Å². The van der Waals surface area contributed by atoms with Crippen molar-refractivity contribution >= 4 is 11.8 Å². The predicted octanol–water partition coefficient (Wildman–Crippen LogP) is -0.164. The second kappa shape index (κ2) is 7.59. The van der Waals surface area contributed by atoms with Crippen molar-refractivity contribution in [3.05, 3.63) is 0 Å². The zero-order valence-electron chi connectivity index (χ0n) is 12.3. The van der Waals surface area contributed by atoms with Gasteiger partial charge in [-0.3, -0.25) is 9.59 Å². The Morgan fingerprint density at radius 1 is 1.15 bits per heavy atom. The quantitative estimate of drug-likeness (QED) is 0.781. The fourth-order valence-electron chi connectivity index (χ4n) is 2.71. The van der Waals surface area contributed by atoms with Crippen molar-refractivity contribution in [1.29, 1.82) is 0 Å². The Bertz CT molecular complexity index is 343. The van der Waals surface area contributed by atoms with Gasteiger partial charge in [-0.15, -0.1) is 0 Å². The van der Waals surface area contributed by atoms with Gasteiger partial charge < -0.3 is 19.9 Å². The van der Waals surface area contributed by atoms with Gasteiger partial charge in [0.15, 0.2) is 0 Å². The Kier molecular flexibility index (Phi) is 5.79. The lowest BCUT2D eigenvalue weighted by molar-refractivity contribution is -0.135. The molecule has 114 valence electrons. The fraction of sp³-hybridized carbons (Fsp3) is 0.857. The van der Waals surface area contributed by atoms with Crippen LogP contribution in [-0.4, -0.2) is 73.6 Å². The number of carbonyl (C=O) groups is 2. The number of carbonyl (C=O) groups excluding carboxylic acids is 2. The van der Waals surface area contributed by atoms with Crippen LogP contribution in [0.3, 0.4) is 0 Å². The molecule has 1 atom stereocenters. The van der Waals surface area contributed by atoms with E-state index in [9.17, 15) is 9.59 Å². The van der Waals surface area contributed by atoms with Crippen LogP contribution in [0.2, 0.25) is 0 Å². The number of nitrogens with zero attached hydrogens (tertiary/aromatic N) is 2. The van der Waals surface area contributed by atoms with Crippen molar-refractivity contribution in [2.24, 2.45) is 0 Å². The molecule has 0 aromatic carbocycles. The van der Waals surface area contributed by atoms with Crippen LogP contribution in [0.4, 0.5) is 0 Å². The highest BCUT2D eigenvalue weighted by Crippen LogP contribution is 2.09. The Morgan fingerprint density at radius 2 is 1.85 bits per heavy atom. The topological polar surface area (TPSA) is 61.9 Å². The van der Waals surface area contributed by atoms with Crippen LogP contribution < -0.4 is 5.32 Å². The Labute approximate surface area is 120 Å². The third-order valence-corrected chi connectivity index (χ3v) is 3.91. The molecular weight excluding hydrogens is 258 g/mol. The molecule has 20 heavy (non-hydrogen) atoms. The van der Waals surface area contributed by atoms with Crippen LogP contribution in [0.15, 0.2) is 0 Å². The van der Waals surface area contributed by atoms with Crippen LogP contribution in [0, 0.1) is 0 Å². The summed E-state index contributed by atoms with van der Waals surface area (Å²) >= 11 is 0. The predicted molar refractivity (Wildman–Crippen MR) is 75.3 cm³/mol. The molecule has 2 heterocycles. The second-order valence-electron chi connectivity index (χ2n) is 5.37. The van der Waals surface area contributed by atoms with Crippen molar-refractivity contribution in [2.75, 3.05) is 45.9 Å². The summed E-state index contributed by atoms with van der Waals surface area (Å²) in [6, 6.07) is 0. The lowest BCUT2D eigenvalue weighted by Crippen LogP contribution is -2.43. The summed E-state index contributed by atoms with van der Waals surface area (Å²) < 4.78 is 5.57. The van der Waals surface area contributed by atoms with Crippen molar-refractivity contribution in [3.63, 3.8) is 0 Å². The molecule has 2 aliphatic heterocycles. The van der Waals surface area contributed by atoms with Crippen molar-refractivity contribution < 1.29 is 14.3 Å². The van der Waals surface area contributed by atoms with E-state index in [0.717, 1.165) is 32.6 Å². The minimum Gasteiger partial charge on any atom is -0.375 e. The van der Waals surface area contributed by atoms with Gasteiger partial charge in [0, 0.05) is 45.7 Å².